The molecule has 1 saturated carbocycles. The highest BCUT2D eigenvalue weighted by atomic mass is 19.2. The molecule has 1 atom stereocenters. The van der Waals surface area contributed by atoms with E-state index in [0.717, 1.165) is 39.0 Å². The molecule has 0 unspecified atom stereocenters. The van der Waals surface area contributed by atoms with Crippen molar-refractivity contribution in [2.75, 3.05) is 26.2 Å². The van der Waals surface area contributed by atoms with Crippen molar-refractivity contribution in [3.05, 3.63) is 34.9 Å². The van der Waals surface area contributed by atoms with Crippen LogP contribution in [0.5, 0.6) is 0 Å². The molecule has 1 aliphatic carbocycles. The fraction of sp³-hybridized carbons (Fsp3) is 0.600. The zero-order chi connectivity index (χ0) is 13.4. The first-order valence-electron chi connectivity index (χ1n) is 7.07. The lowest BCUT2D eigenvalue weighted by Crippen LogP contribution is -2.46. The summed E-state index contributed by atoms with van der Waals surface area (Å²) < 4.78 is 28.0. The molecule has 0 radical (unpaired) electrons. The van der Waals surface area contributed by atoms with Gasteiger partial charge in [-0.05, 0) is 31.2 Å². The lowest BCUT2D eigenvalue weighted by Gasteiger charge is -2.35. The smallest absolute Gasteiger partial charge is 0.163 e. The molecule has 2 nitrogen and oxygen atoms in total. The van der Waals surface area contributed by atoms with Crippen LogP contribution in [0.3, 0.4) is 0 Å². The van der Waals surface area contributed by atoms with Gasteiger partial charge in [-0.25, -0.2) is 8.78 Å². The van der Waals surface area contributed by atoms with E-state index in [1.165, 1.54) is 0 Å². The molecular formula is C15H20F2N2. The Bertz CT molecular complexity index is 465. The van der Waals surface area contributed by atoms with Gasteiger partial charge in [0.05, 0.1) is 0 Å². The topological polar surface area (TPSA) is 15.3 Å². The fourth-order valence-electron chi connectivity index (χ4n) is 3.01. The molecule has 1 aliphatic heterocycles. The van der Waals surface area contributed by atoms with Crippen LogP contribution in [-0.2, 0) is 0 Å². The van der Waals surface area contributed by atoms with E-state index in [4.69, 9.17) is 0 Å². The molecule has 19 heavy (non-hydrogen) atoms. The fourth-order valence-corrected chi connectivity index (χ4v) is 3.01. The summed E-state index contributed by atoms with van der Waals surface area (Å²) in [5, 5.41) is 3.31. The van der Waals surface area contributed by atoms with Gasteiger partial charge in [-0.2, -0.15) is 0 Å². The van der Waals surface area contributed by atoms with Gasteiger partial charge < -0.3 is 5.32 Å². The predicted molar refractivity (Wildman–Crippen MR) is 71.0 cm³/mol. The minimum Gasteiger partial charge on any atom is -0.314 e. The predicted octanol–water partition coefficient (Wildman–Crippen LogP) is 2.63. The molecule has 0 spiro atoms. The Morgan fingerprint density at radius 3 is 2.47 bits per heavy atom. The Morgan fingerprint density at radius 2 is 1.84 bits per heavy atom. The summed E-state index contributed by atoms with van der Waals surface area (Å²) in [7, 11) is 0. The third-order valence-corrected chi connectivity index (χ3v) is 4.24. The third-order valence-electron chi connectivity index (χ3n) is 4.24. The second kappa shape index (κ2) is 5.17. The van der Waals surface area contributed by atoms with E-state index in [2.05, 4.69) is 10.2 Å². The summed E-state index contributed by atoms with van der Waals surface area (Å²) in [5.41, 5.74) is 0.934. The van der Waals surface area contributed by atoms with Crippen LogP contribution in [0.25, 0.3) is 0 Å². The number of halogens is 2. The highest BCUT2D eigenvalue weighted by Gasteiger charge is 2.38. The lowest BCUT2D eigenvalue weighted by atomic mass is 9.97. The van der Waals surface area contributed by atoms with E-state index >= 15 is 0 Å². The molecule has 4 heteroatoms. The minimum absolute atomic E-state index is 0.0530. The second-order valence-corrected chi connectivity index (χ2v) is 5.67. The molecule has 104 valence electrons. The third kappa shape index (κ3) is 2.51. The van der Waals surface area contributed by atoms with Crippen LogP contribution in [0.15, 0.2) is 12.1 Å². The minimum atomic E-state index is -0.682. The summed E-state index contributed by atoms with van der Waals surface area (Å²) in [6.07, 6.45) is 2.26. The van der Waals surface area contributed by atoms with Gasteiger partial charge in [0.25, 0.3) is 0 Å². The quantitative estimate of drug-likeness (QED) is 0.904. The molecule has 3 rings (SSSR count). The molecule has 1 heterocycles. The van der Waals surface area contributed by atoms with Gasteiger partial charge in [0, 0.05) is 37.8 Å². The van der Waals surface area contributed by atoms with Crippen molar-refractivity contribution >= 4 is 0 Å². The number of nitrogens with one attached hydrogen (secondary N) is 1. The first-order chi connectivity index (χ1) is 9.18. The molecule has 2 aliphatic rings. The van der Waals surface area contributed by atoms with Gasteiger partial charge in [-0.15, -0.1) is 0 Å². The standard InChI is InChI=1S/C15H20F2N2/c1-10-2-5-12(14(17)13(10)16)15(11-3-4-11)19-8-6-18-7-9-19/h2,5,11,15,18H,3-4,6-9H2,1H3/t15-/m0/s1. The van der Waals surface area contributed by atoms with E-state index in [-0.39, 0.29) is 6.04 Å². The summed E-state index contributed by atoms with van der Waals surface area (Å²) in [6, 6.07) is 3.53. The number of piperazine rings is 1. The molecular weight excluding hydrogens is 246 g/mol. The maximum Gasteiger partial charge on any atom is 0.163 e. The Hall–Kier alpha value is -1.00. The molecule has 2 fully saturated rings. The number of hydrogen-bond acceptors (Lipinski definition) is 2. The highest BCUT2D eigenvalue weighted by Crippen LogP contribution is 2.45. The first kappa shape index (κ1) is 13.0. The lowest BCUT2D eigenvalue weighted by molar-refractivity contribution is 0.152. The van der Waals surface area contributed by atoms with Crippen LogP contribution in [-0.4, -0.2) is 31.1 Å². The van der Waals surface area contributed by atoms with Gasteiger partial charge in [0.1, 0.15) is 0 Å². The van der Waals surface area contributed by atoms with Crippen LogP contribution >= 0.6 is 0 Å². The second-order valence-electron chi connectivity index (χ2n) is 5.67. The Morgan fingerprint density at radius 1 is 1.16 bits per heavy atom. The maximum atomic E-state index is 14.2. The average molecular weight is 266 g/mol. The number of benzene rings is 1. The molecule has 0 amide bonds. The maximum absolute atomic E-state index is 14.2. The first-order valence-corrected chi connectivity index (χ1v) is 7.07. The number of hydrogen-bond donors (Lipinski definition) is 1. The molecule has 1 saturated heterocycles. The van der Waals surface area contributed by atoms with Crippen LogP contribution in [0.2, 0.25) is 0 Å². The van der Waals surface area contributed by atoms with Gasteiger partial charge in [-0.1, -0.05) is 12.1 Å². The van der Waals surface area contributed by atoms with Gasteiger partial charge in [0.2, 0.25) is 0 Å². The summed E-state index contributed by atoms with van der Waals surface area (Å²) in [4.78, 5) is 2.31. The van der Waals surface area contributed by atoms with Crippen molar-refractivity contribution < 1.29 is 8.78 Å². The van der Waals surface area contributed by atoms with Crippen molar-refractivity contribution in [3.63, 3.8) is 0 Å². The van der Waals surface area contributed by atoms with Crippen molar-refractivity contribution in [1.82, 2.24) is 10.2 Å². The highest BCUT2D eigenvalue weighted by molar-refractivity contribution is 5.29. The van der Waals surface area contributed by atoms with Crippen LogP contribution in [0.4, 0.5) is 8.78 Å². The zero-order valence-corrected chi connectivity index (χ0v) is 11.3. The van der Waals surface area contributed by atoms with Crippen molar-refractivity contribution in [3.8, 4) is 0 Å². The largest absolute Gasteiger partial charge is 0.314 e. The van der Waals surface area contributed by atoms with E-state index in [0.29, 0.717) is 17.0 Å². The monoisotopic (exact) mass is 266 g/mol. The van der Waals surface area contributed by atoms with E-state index in [9.17, 15) is 8.78 Å². The SMILES string of the molecule is Cc1ccc([C@H](C2CC2)N2CCNCC2)c(F)c1F. The van der Waals surface area contributed by atoms with E-state index in [1.807, 2.05) is 0 Å². The molecule has 0 aromatic heterocycles. The Balaban J connectivity index is 1.93. The van der Waals surface area contributed by atoms with Crippen LogP contribution in [0, 0.1) is 24.5 Å². The van der Waals surface area contributed by atoms with Gasteiger partial charge in [0.15, 0.2) is 11.6 Å². The number of rotatable bonds is 3. The molecule has 1 N–H and O–H groups in total. The van der Waals surface area contributed by atoms with Gasteiger partial charge >= 0.3 is 0 Å². The zero-order valence-electron chi connectivity index (χ0n) is 11.3. The molecule has 1 aromatic rings. The van der Waals surface area contributed by atoms with Crippen molar-refractivity contribution in [2.45, 2.75) is 25.8 Å². The van der Waals surface area contributed by atoms with E-state index < -0.39 is 11.6 Å². The van der Waals surface area contributed by atoms with Gasteiger partial charge in [-0.3, -0.25) is 4.90 Å². The number of nitrogens with zero attached hydrogens (tertiary/aromatic N) is 1. The summed E-state index contributed by atoms with van der Waals surface area (Å²) in [6.45, 7) is 5.30. The number of aryl methyl sites for hydroxylation is 1. The summed E-state index contributed by atoms with van der Waals surface area (Å²) >= 11 is 0. The molecule has 1 aromatic carbocycles. The Kier molecular flexibility index (Phi) is 3.54. The average Bonchev–Trinajstić information content (AvgIpc) is 3.25. The van der Waals surface area contributed by atoms with E-state index in [1.54, 1.807) is 19.1 Å². The van der Waals surface area contributed by atoms with Crippen LogP contribution < -0.4 is 5.32 Å². The Labute approximate surface area is 112 Å². The normalized spacial score (nSPS) is 22.5. The molecule has 0 bridgehead atoms. The summed E-state index contributed by atoms with van der Waals surface area (Å²) in [5.74, 6) is -0.830. The van der Waals surface area contributed by atoms with Crippen LogP contribution in [0.1, 0.15) is 30.0 Å². The van der Waals surface area contributed by atoms with Crippen molar-refractivity contribution in [2.24, 2.45) is 5.92 Å². The van der Waals surface area contributed by atoms with Crippen molar-refractivity contribution in [1.29, 1.82) is 0 Å².